The van der Waals surface area contributed by atoms with E-state index in [1.54, 1.807) is 6.33 Å². The lowest BCUT2D eigenvalue weighted by Crippen LogP contribution is -2.35. The van der Waals surface area contributed by atoms with E-state index in [-0.39, 0.29) is 6.61 Å². The van der Waals surface area contributed by atoms with Gasteiger partial charge in [-0.1, -0.05) is 26.7 Å². The van der Waals surface area contributed by atoms with Crippen molar-refractivity contribution in [3.05, 3.63) is 11.9 Å². The highest BCUT2D eigenvalue weighted by molar-refractivity contribution is 5.59. The van der Waals surface area contributed by atoms with Gasteiger partial charge in [0, 0.05) is 30.7 Å². The fourth-order valence-electron chi connectivity index (χ4n) is 3.16. The van der Waals surface area contributed by atoms with Crippen molar-refractivity contribution in [3.8, 4) is 0 Å². The summed E-state index contributed by atoms with van der Waals surface area (Å²) in [6.07, 6.45) is 6.24. The van der Waals surface area contributed by atoms with Crippen molar-refractivity contribution in [2.75, 3.05) is 23.8 Å². The van der Waals surface area contributed by atoms with E-state index >= 15 is 0 Å². The second kappa shape index (κ2) is 7.59. The second-order valence-corrected chi connectivity index (χ2v) is 6.15. The average Bonchev–Trinajstić information content (AvgIpc) is 2.48. The highest BCUT2D eigenvalue weighted by Gasteiger charge is 2.26. The van der Waals surface area contributed by atoms with Gasteiger partial charge in [0.2, 0.25) is 0 Å². The van der Waals surface area contributed by atoms with Gasteiger partial charge in [-0.25, -0.2) is 9.97 Å². The van der Waals surface area contributed by atoms with E-state index in [4.69, 9.17) is 0 Å². The quantitative estimate of drug-likeness (QED) is 0.752. The lowest BCUT2D eigenvalue weighted by atomic mass is 9.85. The zero-order chi connectivity index (χ0) is 15.2. The minimum absolute atomic E-state index is 0.250. The first-order valence-electron chi connectivity index (χ1n) is 8.13. The Morgan fingerprint density at radius 2 is 1.95 bits per heavy atom. The summed E-state index contributed by atoms with van der Waals surface area (Å²) in [4.78, 5) is 8.83. The maximum Gasteiger partial charge on any atom is 0.135 e. The standard InChI is InChI=1S/C16H28N4O/c1-4-17-15-14(11(2)3)16(19-10-18-15)20-13-8-6-5-7-12(13)9-21/h10-13,21H,4-9H2,1-3H3,(H2,17,18,19,20). The van der Waals surface area contributed by atoms with Crippen LogP contribution in [0.1, 0.15) is 57.9 Å². The zero-order valence-electron chi connectivity index (χ0n) is 13.4. The van der Waals surface area contributed by atoms with Gasteiger partial charge in [0.25, 0.3) is 0 Å². The molecule has 1 aliphatic carbocycles. The van der Waals surface area contributed by atoms with Crippen molar-refractivity contribution in [1.82, 2.24) is 9.97 Å². The molecular weight excluding hydrogens is 264 g/mol. The summed E-state index contributed by atoms with van der Waals surface area (Å²) in [5.74, 6) is 2.51. The molecule has 0 spiro atoms. The Balaban J connectivity index is 2.23. The minimum atomic E-state index is 0.250. The van der Waals surface area contributed by atoms with Gasteiger partial charge in [0.1, 0.15) is 18.0 Å². The van der Waals surface area contributed by atoms with Crippen LogP contribution < -0.4 is 10.6 Å². The fourth-order valence-corrected chi connectivity index (χ4v) is 3.16. The monoisotopic (exact) mass is 292 g/mol. The molecule has 0 saturated heterocycles. The summed E-state index contributed by atoms with van der Waals surface area (Å²) in [7, 11) is 0. The summed E-state index contributed by atoms with van der Waals surface area (Å²) in [6.45, 7) is 7.49. The summed E-state index contributed by atoms with van der Waals surface area (Å²) in [6, 6.07) is 0.311. The number of aromatic nitrogens is 2. The molecule has 118 valence electrons. The molecular formula is C16H28N4O. The Kier molecular flexibility index (Phi) is 5.79. The van der Waals surface area contributed by atoms with E-state index in [1.807, 2.05) is 0 Å². The number of anilines is 2. The normalized spacial score (nSPS) is 22.3. The number of aliphatic hydroxyl groups excluding tert-OH is 1. The number of hydrogen-bond donors (Lipinski definition) is 3. The van der Waals surface area contributed by atoms with Crippen LogP contribution in [0.5, 0.6) is 0 Å². The predicted octanol–water partition coefficient (Wildman–Crippen LogP) is 2.99. The van der Waals surface area contributed by atoms with Gasteiger partial charge in [-0.3, -0.25) is 0 Å². The molecule has 1 aromatic rings. The highest BCUT2D eigenvalue weighted by atomic mass is 16.3. The van der Waals surface area contributed by atoms with E-state index < -0.39 is 0 Å². The van der Waals surface area contributed by atoms with Crippen LogP contribution in [0.3, 0.4) is 0 Å². The van der Waals surface area contributed by atoms with Crippen molar-refractivity contribution in [1.29, 1.82) is 0 Å². The predicted molar refractivity (Wildman–Crippen MR) is 86.7 cm³/mol. The molecule has 1 saturated carbocycles. The van der Waals surface area contributed by atoms with Crippen molar-refractivity contribution >= 4 is 11.6 Å². The summed E-state index contributed by atoms with van der Waals surface area (Å²) < 4.78 is 0. The lowest BCUT2D eigenvalue weighted by Gasteiger charge is -2.32. The second-order valence-electron chi connectivity index (χ2n) is 6.15. The van der Waals surface area contributed by atoms with Gasteiger partial charge in [-0.05, 0) is 25.7 Å². The fraction of sp³-hybridized carbons (Fsp3) is 0.750. The molecule has 1 aliphatic rings. The molecule has 0 bridgehead atoms. The number of nitrogens with one attached hydrogen (secondary N) is 2. The minimum Gasteiger partial charge on any atom is -0.396 e. The third-order valence-electron chi connectivity index (χ3n) is 4.27. The van der Waals surface area contributed by atoms with Crippen LogP contribution >= 0.6 is 0 Å². The number of nitrogens with zero attached hydrogens (tertiary/aromatic N) is 2. The third kappa shape index (κ3) is 3.84. The Hall–Kier alpha value is -1.36. The molecule has 0 radical (unpaired) electrons. The molecule has 1 aromatic heterocycles. The Morgan fingerprint density at radius 3 is 2.62 bits per heavy atom. The van der Waals surface area contributed by atoms with Gasteiger partial charge in [0.05, 0.1) is 0 Å². The van der Waals surface area contributed by atoms with E-state index in [1.165, 1.54) is 12.8 Å². The van der Waals surface area contributed by atoms with Crippen LogP contribution in [-0.2, 0) is 0 Å². The number of aliphatic hydroxyl groups is 1. The number of hydrogen-bond acceptors (Lipinski definition) is 5. The van der Waals surface area contributed by atoms with Gasteiger partial charge < -0.3 is 15.7 Å². The molecule has 2 rings (SSSR count). The third-order valence-corrected chi connectivity index (χ3v) is 4.27. The van der Waals surface area contributed by atoms with Gasteiger partial charge in [-0.15, -0.1) is 0 Å². The molecule has 21 heavy (non-hydrogen) atoms. The molecule has 2 atom stereocenters. The molecule has 0 aliphatic heterocycles. The Labute approximate surface area is 127 Å². The molecule has 5 heteroatoms. The topological polar surface area (TPSA) is 70.1 Å². The van der Waals surface area contributed by atoms with E-state index in [2.05, 4.69) is 41.4 Å². The Bertz CT molecular complexity index is 450. The van der Waals surface area contributed by atoms with Gasteiger partial charge in [0.15, 0.2) is 0 Å². The molecule has 3 N–H and O–H groups in total. The SMILES string of the molecule is CCNc1ncnc(NC2CCCCC2CO)c1C(C)C. The number of rotatable bonds is 6. The van der Waals surface area contributed by atoms with E-state index in [9.17, 15) is 5.11 Å². The van der Waals surface area contributed by atoms with Crippen LogP contribution in [0.4, 0.5) is 11.6 Å². The van der Waals surface area contributed by atoms with Crippen LogP contribution in [0.15, 0.2) is 6.33 Å². The molecule has 2 unspecified atom stereocenters. The maximum absolute atomic E-state index is 9.57. The van der Waals surface area contributed by atoms with Crippen LogP contribution in [0, 0.1) is 5.92 Å². The molecule has 0 amide bonds. The van der Waals surface area contributed by atoms with Crippen LogP contribution in [0.2, 0.25) is 0 Å². The van der Waals surface area contributed by atoms with Gasteiger partial charge >= 0.3 is 0 Å². The average molecular weight is 292 g/mol. The van der Waals surface area contributed by atoms with E-state index in [0.29, 0.717) is 17.9 Å². The first-order valence-corrected chi connectivity index (χ1v) is 8.13. The summed E-state index contributed by atoms with van der Waals surface area (Å²) in [5.41, 5.74) is 1.14. The lowest BCUT2D eigenvalue weighted by molar-refractivity contribution is 0.178. The summed E-state index contributed by atoms with van der Waals surface area (Å²) in [5, 5.41) is 16.5. The summed E-state index contributed by atoms with van der Waals surface area (Å²) >= 11 is 0. The molecule has 0 aromatic carbocycles. The van der Waals surface area contributed by atoms with Crippen molar-refractivity contribution < 1.29 is 5.11 Å². The van der Waals surface area contributed by atoms with Crippen LogP contribution in [-0.4, -0.2) is 34.3 Å². The van der Waals surface area contributed by atoms with Crippen molar-refractivity contribution in [2.45, 2.75) is 58.4 Å². The van der Waals surface area contributed by atoms with Gasteiger partial charge in [-0.2, -0.15) is 0 Å². The molecule has 1 fully saturated rings. The largest absolute Gasteiger partial charge is 0.396 e. The first-order chi connectivity index (χ1) is 10.2. The zero-order valence-corrected chi connectivity index (χ0v) is 13.4. The van der Waals surface area contributed by atoms with E-state index in [0.717, 1.165) is 36.6 Å². The smallest absolute Gasteiger partial charge is 0.135 e. The Morgan fingerprint density at radius 1 is 1.24 bits per heavy atom. The highest BCUT2D eigenvalue weighted by Crippen LogP contribution is 2.32. The van der Waals surface area contributed by atoms with Crippen LogP contribution in [0.25, 0.3) is 0 Å². The molecule has 5 nitrogen and oxygen atoms in total. The van der Waals surface area contributed by atoms with Crippen molar-refractivity contribution in [2.24, 2.45) is 5.92 Å². The molecule has 1 heterocycles. The van der Waals surface area contributed by atoms with Crippen molar-refractivity contribution in [3.63, 3.8) is 0 Å². The maximum atomic E-state index is 9.57. The first kappa shape index (κ1) is 16.0.